The molecule has 0 aliphatic carbocycles. The minimum atomic E-state index is 0.246. The van der Waals surface area contributed by atoms with Gasteiger partial charge < -0.3 is 9.67 Å². The molecule has 1 aromatic rings. The molecular formula is C10H17NOS. The lowest BCUT2D eigenvalue weighted by atomic mass is 10.2. The highest BCUT2D eigenvalue weighted by Crippen LogP contribution is 2.23. The molecule has 0 amide bonds. The molecule has 3 heteroatoms. The Hall–Kier alpha value is -0.410. The minimum absolute atomic E-state index is 0.246. The number of aryl methyl sites for hydroxylation is 1. The lowest BCUT2D eigenvalue weighted by molar-refractivity contribution is 0.322. The minimum Gasteiger partial charge on any atom is -0.396 e. The highest BCUT2D eigenvalue weighted by atomic mass is 32.2. The van der Waals surface area contributed by atoms with E-state index in [-0.39, 0.29) is 6.61 Å². The van der Waals surface area contributed by atoms with Crippen LogP contribution in [0.5, 0.6) is 0 Å². The van der Waals surface area contributed by atoms with Gasteiger partial charge >= 0.3 is 0 Å². The van der Waals surface area contributed by atoms with Gasteiger partial charge in [0, 0.05) is 18.5 Å². The first-order valence-corrected chi connectivity index (χ1v) is 5.58. The van der Waals surface area contributed by atoms with Crippen LogP contribution >= 0.6 is 11.8 Å². The van der Waals surface area contributed by atoms with Crippen LogP contribution in [0.2, 0.25) is 0 Å². The molecule has 0 aliphatic heterocycles. The number of aliphatic hydroxyl groups excluding tert-OH is 1. The van der Waals surface area contributed by atoms with Crippen molar-refractivity contribution in [2.24, 2.45) is 7.05 Å². The third-order valence-corrected chi connectivity index (χ3v) is 3.28. The van der Waals surface area contributed by atoms with Crippen molar-refractivity contribution in [3.8, 4) is 0 Å². The summed E-state index contributed by atoms with van der Waals surface area (Å²) in [6.07, 6.45) is 1.07. The number of nitrogens with zero attached hydrogens (tertiary/aromatic N) is 1. The maximum absolute atomic E-state index is 8.72. The third-order valence-electron chi connectivity index (χ3n) is 2.21. The van der Waals surface area contributed by atoms with Crippen molar-refractivity contribution < 1.29 is 5.11 Å². The molecule has 13 heavy (non-hydrogen) atoms. The molecule has 1 N–H and O–H groups in total. The molecule has 0 saturated heterocycles. The van der Waals surface area contributed by atoms with Crippen molar-refractivity contribution in [3.05, 3.63) is 17.3 Å². The summed E-state index contributed by atoms with van der Waals surface area (Å²) in [4.78, 5) is 0. The number of hydrogen-bond acceptors (Lipinski definition) is 2. The van der Waals surface area contributed by atoms with Crippen LogP contribution in [0.15, 0.2) is 11.1 Å². The normalized spacial score (nSPS) is 10.8. The topological polar surface area (TPSA) is 25.2 Å². The summed E-state index contributed by atoms with van der Waals surface area (Å²) in [5.41, 5.74) is 2.74. The molecule has 1 aromatic heterocycles. The lowest BCUT2D eigenvalue weighted by Gasteiger charge is -2.05. The van der Waals surface area contributed by atoms with Gasteiger partial charge in [0.25, 0.3) is 0 Å². The predicted octanol–water partition coefficient (Wildman–Crippen LogP) is 1.98. The second-order valence-electron chi connectivity index (χ2n) is 3.10. The number of aliphatic hydroxyl groups is 1. The van der Waals surface area contributed by atoms with Gasteiger partial charge in [-0.15, -0.1) is 11.8 Å². The monoisotopic (exact) mass is 199 g/mol. The first-order chi connectivity index (χ1) is 6.20. The van der Waals surface area contributed by atoms with E-state index in [9.17, 15) is 0 Å². The van der Waals surface area contributed by atoms with E-state index in [2.05, 4.69) is 31.5 Å². The Balaban J connectivity index is 2.83. The molecule has 0 spiro atoms. The summed E-state index contributed by atoms with van der Waals surface area (Å²) >= 11 is 1.71. The van der Waals surface area contributed by atoms with E-state index in [1.54, 1.807) is 11.8 Å². The maximum atomic E-state index is 8.72. The first-order valence-electron chi connectivity index (χ1n) is 4.59. The summed E-state index contributed by atoms with van der Waals surface area (Å²) in [6, 6.07) is 2.19. The number of aromatic nitrogens is 1. The van der Waals surface area contributed by atoms with E-state index < -0.39 is 0 Å². The van der Waals surface area contributed by atoms with Crippen LogP contribution in [0, 0.1) is 6.92 Å². The molecule has 0 fully saturated rings. The van der Waals surface area contributed by atoms with E-state index in [4.69, 9.17) is 5.11 Å². The molecule has 0 aliphatic rings. The van der Waals surface area contributed by atoms with Crippen molar-refractivity contribution in [1.29, 1.82) is 0 Å². The Morgan fingerprint density at radius 2 is 2.23 bits per heavy atom. The van der Waals surface area contributed by atoms with Crippen LogP contribution in [-0.2, 0) is 13.5 Å². The van der Waals surface area contributed by atoms with Crippen LogP contribution in [0.1, 0.15) is 18.2 Å². The van der Waals surface area contributed by atoms with Crippen LogP contribution in [-0.4, -0.2) is 22.0 Å². The molecular weight excluding hydrogens is 182 g/mol. The Kier molecular flexibility index (Phi) is 3.88. The second kappa shape index (κ2) is 4.72. The van der Waals surface area contributed by atoms with E-state index >= 15 is 0 Å². The van der Waals surface area contributed by atoms with Gasteiger partial charge in [-0.25, -0.2) is 0 Å². The van der Waals surface area contributed by atoms with Crippen LogP contribution < -0.4 is 0 Å². The third kappa shape index (κ3) is 2.29. The average molecular weight is 199 g/mol. The molecule has 0 unspecified atom stereocenters. The quantitative estimate of drug-likeness (QED) is 0.750. The van der Waals surface area contributed by atoms with Gasteiger partial charge in [-0.05, 0) is 25.0 Å². The van der Waals surface area contributed by atoms with Crippen LogP contribution in [0.25, 0.3) is 0 Å². The smallest absolute Gasteiger partial charge is 0.0751 e. The fourth-order valence-electron chi connectivity index (χ4n) is 1.57. The van der Waals surface area contributed by atoms with Gasteiger partial charge in [-0.2, -0.15) is 0 Å². The van der Waals surface area contributed by atoms with Crippen molar-refractivity contribution in [2.45, 2.75) is 25.3 Å². The van der Waals surface area contributed by atoms with E-state index in [1.807, 2.05) is 0 Å². The molecule has 0 bridgehead atoms. The molecule has 0 saturated carbocycles. The number of thioether (sulfide) groups is 1. The Morgan fingerprint density at radius 1 is 1.54 bits per heavy atom. The summed E-state index contributed by atoms with van der Waals surface area (Å²) in [7, 11) is 2.09. The van der Waals surface area contributed by atoms with Crippen LogP contribution in [0.3, 0.4) is 0 Å². The summed E-state index contributed by atoms with van der Waals surface area (Å²) < 4.78 is 2.22. The van der Waals surface area contributed by atoms with Crippen molar-refractivity contribution in [1.82, 2.24) is 4.57 Å². The summed E-state index contributed by atoms with van der Waals surface area (Å²) in [5.74, 6) is 0.778. The van der Waals surface area contributed by atoms with Gasteiger partial charge in [-0.1, -0.05) is 6.92 Å². The van der Waals surface area contributed by atoms with Crippen molar-refractivity contribution in [3.63, 3.8) is 0 Å². The molecule has 0 aromatic carbocycles. The zero-order chi connectivity index (χ0) is 9.84. The Morgan fingerprint density at radius 3 is 2.69 bits per heavy atom. The Labute approximate surface area is 84.0 Å². The van der Waals surface area contributed by atoms with Gasteiger partial charge in [0.05, 0.1) is 11.6 Å². The molecule has 0 radical (unpaired) electrons. The van der Waals surface area contributed by atoms with E-state index in [0.29, 0.717) is 0 Å². The SMILES string of the molecule is CCc1c(C)cc(SCCO)n1C. The second-order valence-corrected chi connectivity index (χ2v) is 4.21. The Bertz CT molecular complexity index is 281. The number of rotatable bonds is 4. The lowest BCUT2D eigenvalue weighted by Crippen LogP contribution is -1.98. The fraction of sp³-hybridized carbons (Fsp3) is 0.600. The maximum Gasteiger partial charge on any atom is 0.0751 e. The van der Waals surface area contributed by atoms with Crippen molar-refractivity contribution >= 4 is 11.8 Å². The molecule has 74 valence electrons. The van der Waals surface area contributed by atoms with E-state index in [0.717, 1.165) is 12.2 Å². The molecule has 1 rings (SSSR count). The molecule has 0 atom stereocenters. The number of hydrogen-bond donors (Lipinski definition) is 1. The molecule has 1 heterocycles. The van der Waals surface area contributed by atoms with Gasteiger partial charge in [-0.3, -0.25) is 0 Å². The van der Waals surface area contributed by atoms with Gasteiger partial charge in [0.15, 0.2) is 0 Å². The van der Waals surface area contributed by atoms with Gasteiger partial charge in [0.2, 0.25) is 0 Å². The van der Waals surface area contributed by atoms with Gasteiger partial charge in [0.1, 0.15) is 0 Å². The van der Waals surface area contributed by atoms with Crippen LogP contribution in [0.4, 0.5) is 0 Å². The highest BCUT2D eigenvalue weighted by Gasteiger charge is 2.07. The fourth-order valence-corrected chi connectivity index (χ4v) is 2.43. The largest absolute Gasteiger partial charge is 0.396 e. The standard InChI is InChI=1S/C10H17NOS/c1-4-9-8(2)7-10(11(9)3)13-6-5-12/h7,12H,4-6H2,1-3H3. The zero-order valence-corrected chi connectivity index (χ0v) is 9.32. The predicted molar refractivity (Wildman–Crippen MR) is 57.3 cm³/mol. The summed E-state index contributed by atoms with van der Waals surface area (Å²) in [5, 5.41) is 9.97. The van der Waals surface area contributed by atoms with Crippen molar-refractivity contribution in [2.75, 3.05) is 12.4 Å². The van der Waals surface area contributed by atoms with E-state index in [1.165, 1.54) is 16.3 Å². The zero-order valence-electron chi connectivity index (χ0n) is 8.50. The average Bonchev–Trinajstić information content (AvgIpc) is 2.38. The summed E-state index contributed by atoms with van der Waals surface area (Å²) in [6.45, 7) is 4.56. The first kappa shape index (κ1) is 10.7. The molecule has 2 nitrogen and oxygen atoms in total. The highest BCUT2D eigenvalue weighted by molar-refractivity contribution is 7.99.